The van der Waals surface area contributed by atoms with Crippen molar-refractivity contribution in [1.29, 1.82) is 0 Å². The molecule has 0 aliphatic heterocycles. The minimum absolute atomic E-state index is 0.0447. The molecule has 8 heteroatoms. The average molecular weight is 396 g/mol. The topological polar surface area (TPSA) is 79.5 Å². The number of methoxy groups -OCH3 is 1. The number of hydrogen-bond acceptors (Lipinski definition) is 4. The Bertz CT molecular complexity index is 738. The fourth-order valence-electron chi connectivity index (χ4n) is 1.80. The summed E-state index contributed by atoms with van der Waals surface area (Å²) in [6.07, 6.45) is 0. The Labute approximate surface area is 146 Å². The van der Waals surface area contributed by atoms with Crippen LogP contribution in [0.15, 0.2) is 46.9 Å². The van der Waals surface area contributed by atoms with Crippen molar-refractivity contribution in [2.75, 3.05) is 19.0 Å². The third-order valence-electron chi connectivity index (χ3n) is 3.03. The van der Waals surface area contributed by atoms with Crippen LogP contribution in [0.25, 0.3) is 0 Å². The molecule has 0 aliphatic carbocycles. The summed E-state index contributed by atoms with van der Waals surface area (Å²) in [5, 5.41) is 2.89. The predicted molar refractivity (Wildman–Crippen MR) is 91.2 cm³/mol. The van der Waals surface area contributed by atoms with Gasteiger partial charge in [0.1, 0.15) is 11.6 Å². The number of carbonyl (C=O) groups excluding carboxylic acids is 2. The normalized spacial score (nSPS) is 9.96. The maximum atomic E-state index is 13.2. The lowest BCUT2D eigenvalue weighted by Gasteiger charge is -2.10. The second-order valence-electron chi connectivity index (χ2n) is 4.71. The minimum Gasteiger partial charge on any atom is -0.497 e. The quantitative estimate of drug-likeness (QED) is 0.679. The maximum Gasteiger partial charge on any atom is 0.270 e. The monoisotopic (exact) mass is 395 g/mol. The SMILES string of the molecule is COc1ccc(NCC(=O)NNC(=O)c2cc(F)ccc2Br)cc1. The number of hydrogen-bond donors (Lipinski definition) is 3. The molecule has 0 atom stereocenters. The first-order valence-corrected chi connectivity index (χ1v) is 7.71. The van der Waals surface area contributed by atoms with Gasteiger partial charge < -0.3 is 10.1 Å². The van der Waals surface area contributed by atoms with Gasteiger partial charge in [0.15, 0.2) is 0 Å². The van der Waals surface area contributed by atoms with Crippen LogP contribution in [0.2, 0.25) is 0 Å². The van der Waals surface area contributed by atoms with Gasteiger partial charge in [-0.2, -0.15) is 0 Å². The van der Waals surface area contributed by atoms with Crippen LogP contribution in [0, 0.1) is 5.82 Å². The Morgan fingerprint density at radius 3 is 2.50 bits per heavy atom. The van der Waals surface area contributed by atoms with E-state index in [2.05, 4.69) is 32.1 Å². The summed E-state index contributed by atoms with van der Waals surface area (Å²) in [5.41, 5.74) is 5.29. The first kappa shape index (κ1) is 17.7. The van der Waals surface area contributed by atoms with Crippen molar-refractivity contribution < 1.29 is 18.7 Å². The Kier molecular flexibility index (Phi) is 6.14. The molecule has 2 rings (SSSR count). The van der Waals surface area contributed by atoms with E-state index in [1.54, 1.807) is 31.4 Å². The Hall–Kier alpha value is -2.61. The second kappa shape index (κ2) is 8.30. The van der Waals surface area contributed by atoms with Crippen molar-refractivity contribution in [3.8, 4) is 5.75 Å². The van der Waals surface area contributed by atoms with Crippen LogP contribution in [0.5, 0.6) is 5.75 Å². The Morgan fingerprint density at radius 1 is 1.12 bits per heavy atom. The molecule has 126 valence electrons. The molecule has 0 bridgehead atoms. The van der Waals surface area contributed by atoms with Crippen LogP contribution in [-0.4, -0.2) is 25.5 Å². The minimum atomic E-state index is -0.626. The summed E-state index contributed by atoms with van der Waals surface area (Å²) >= 11 is 3.15. The molecule has 24 heavy (non-hydrogen) atoms. The standard InChI is InChI=1S/C16H15BrFN3O3/c1-24-12-5-3-11(4-6-12)19-9-15(22)20-21-16(23)13-8-10(18)2-7-14(13)17/h2-8,19H,9H2,1H3,(H,20,22)(H,21,23). The van der Waals surface area contributed by atoms with Gasteiger partial charge in [-0.15, -0.1) is 0 Å². The third-order valence-corrected chi connectivity index (χ3v) is 3.72. The number of benzene rings is 2. The lowest BCUT2D eigenvalue weighted by Crippen LogP contribution is -2.44. The van der Waals surface area contributed by atoms with Crippen LogP contribution in [0.3, 0.4) is 0 Å². The first-order chi connectivity index (χ1) is 11.5. The summed E-state index contributed by atoms with van der Waals surface area (Å²) < 4.78 is 18.6. The Balaban J connectivity index is 1.82. The number of amides is 2. The van der Waals surface area contributed by atoms with Crippen molar-refractivity contribution >= 4 is 33.4 Å². The van der Waals surface area contributed by atoms with Gasteiger partial charge in [-0.05, 0) is 58.4 Å². The number of carbonyl (C=O) groups is 2. The molecular weight excluding hydrogens is 381 g/mol. The summed E-state index contributed by atoms with van der Waals surface area (Å²) in [5.74, 6) is -0.917. The summed E-state index contributed by atoms with van der Waals surface area (Å²) in [6.45, 7) is -0.0447. The van der Waals surface area contributed by atoms with E-state index in [0.29, 0.717) is 10.2 Å². The fraction of sp³-hybridized carbons (Fsp3) is 0.125. The van der Waals surface area contributed by atoms with Gasteiger partial charge in [-0.25, -0.2) is 4.39 Å². The molecule has 0 heterocycles. The van der Waals surface area contributed by atoms with Gasteiger partial charge in [-0.1, -0.05) is 0 Å². The van der Waals surface area contributed by atoms with E-state index in [0.717, 1.165) is 11.8 Å². The number of ether oxygens (including phenoxy) is 1. The average Bonchev–Trinajstić information content (AvgIpc) is 2.60. The van der Waals surface area contributed by atoms with Crippen LogP contribution in [0.1, 0.15) is 10.4 Å². The smallest absolute Gasteiger partial charge is 0.270 e. The molecule has 0 aliphatic rings. The van der Waals surface area contributed by atoms with Crippen LogP contribution in [0.4, 0.5) is 10.1 Å². The molecule has 0 radical (unpaired) electrons. The van der Waals surface area contributed by atoms with Gasteiger partial charge in [0.25, 0.3) is 11.8 Å². The Morgan fingerprint density at radius 2 is 1.83 bits per heavy atom. The van der Waals surface area contributed by atoms with Gasteiger partial charge in [0.2, 0.25) is 0 Å². The molecule has 0 aromatic heterocycles. The molecule has 0 spiro atoms. The number of rotatable bonds is 5. The van der Waals surface area contributed by atoms with E-state index in [1.807, 2.05) is 0 Å². The molecule has 2 aromatic rings. The highest BCUT2D eigenvalue weighted by molar-refractivity contribution is 9.10. The fourth-order valence-corrected chi connectivity index (χ4v) is 2.23. The van der Waals surface area contributed by atoms with Gasteiger partial charge >= 0.3 is 0 Å². The van der Waals surface area contributed by atoms with E-state index in [4.69, 9.17) is 4.74 Å². The van der Waals surface area contributed by atoms with Gasteiger partial charge in [0, 0.05) is 10.2 Å². The molecule has 0 saturated carbocycles. The van der Waals surface area contributed by atoms with Crippen molar-refractivity contribution in [2.45, 2.75) is 0 Å². The highest BCUT2D eigenvalue weighted by Crippen LogP contribution is 2.17. The molecule has 6 nitrogen and oxygen atoms in total. The molecule has 3 N–H and O–H groups in total. The highest BCUT2D eigenvalue weighted by atomic mass is 79.9. The van der Waals surface area contributed by atoms with Crippen molar-refractivity contribution in [2.24, 2.45) is 0 Å². The van der Waals surface area contributed by atoms with E-state index in [1.165, 1.54) is 12.1 Å². The van der Waals surface area contributed by atoms with E-state index < -0.39 is 17.6 Å². The zero-order valence-corrected chi connectivity index (χ0v) is 14.3. The predicted octanol–water partition coefficient (Wildman–Crippen LogP) is 2.47. The van der Waals surface area contributed by atoms with Crippen molar-refractivity contribution in [1.82, 2.24) is 10.9 Å². The highest BCUT2D eigenvalue weighted by Gasteiger charge is 2.12. The largest absolute Gasteiger partial charge is 0.497 e. The first-order valence-electron chi connectivity index (χ1n) is 6.92. The van der Waals surface area contributed by atoms with Crippen molar-refractivity contribution in [3.63, 3.8) is 0 Å². The lowest BCUT2D eigenvalue weighted by molar-refractivity contribution is -0.120. The zero-order valence-electron chi connectivity index (χ0n) is 12.7. The molecule has 2 aromatic carbocycles. The van der Waals surface area contributed by atoms with Crippen LogP contribution < -0.4 is 20.9 Å². The number of nitrogens with one attached hydrogen (secondary N) is 3. The number of hydrazine groups is 1. The second-order valence-corrected chi connectivity index (χ2v) is 5.56. The van der Waals surface area contributed by atoms with Crippen molar-refractivity contribution in [3.05, 3.63) is 58.3 Å². The van der Waals surface area contributed by atoms with Gasteiger partial charge in [0.05, 0.1) is 19.2 Å². The number of anilines is 1. The number of halogens is 2. The molecule has 0 fully saturated rings. The summed E-state index contributed by atoms with van der Waals surface area (Å²) in [4.78, 5) is 23.6. The maximum absolute atomic E-state index is 13.2. The molecular formula is C16H15BrFN3O3. The zero-order chi connectivity index (χ0) is 17.5. The summed E-state index contributed by atoms with van der Waals surface area (Å²) in [6, 6.07) is 10.7. The van der Waals surface area contributed by atoms with Gasteiger partial charge in [-0.3, -0.25) is 20.4 Å². The van der Waals surface area contributed by atoms with E-state index in [-0.39, 0.29) is 12.1 Å². The van der Waals surface area contributed by atoms with E-state index in [9.17, 15) is 14.0 Å². The van der Waals surface area contributed by atoms with E-state index >= 15 is 0 Å². The van der Waals surface area contributed by atoms with Crippen LogP contribution in [-0.2, 0) is 4.79 Å². The molecule has 2 amide bonds. The third kappa shape index (κ3) is 4.95. The summed E-state index contributed by atoms with van der Waals surface area (Å²) in [7, 11) is 1.57. The van der Waals surface area contributed by atoms with Crippen LogP contribution >= 0.6 is 15.9 Å². The lowest BCUT2D eigenvalue weighted by atomic mass is 10.2. The molecule has 0 unspecified atom stereocenters. The molecule has 0 saturated heterocycles.